The van der Waals surface area contributed by atoms with Crippen LogP contribution in [0, 0.1) is 11.3 Å². The molecule has 3 N–H and O–H groups in total. The van der Waals surface area contributed by atoms with Crippen molar-refractivity contribution in [2.24, 2.45) is 0 Å². The number of benzene rings is 2. The molecule has 0 unspecified atom stereocenters. The lowest BCUT2D eigenvalue weighted by molar-refractivity contribution is 0.0938. The number of ether oxygens (including phenoxy) is 1. The molecule has 0 saturated carbocycles. The number of hydrogen-bond donors (Lipinski definition) is 3. The van der Waals surface area contributed by atoms with E-state index in [9.17, 15) is 9.59 Å². The maximum atomic E-state index is 12.2. The molecule has 0 spiro atoms. The van der Waals surface area contributed by atoms with Crippen molar-refractivity contribution in [1.82, 2.24) is 10.9 Å². The van der Waals surface area contributed by atoms with Crippen LogP contribution in [0.4, 0.5) is 10.5 Å². The summed E-state index contributed by atoms with van der Waals surface area (Å²) in [6.07, 6.45) is 0. The Morgan fingerprint density at radius 2 is 1.75 bits per heavy atom. The molecule has 7 nitrogen and oxygen atoms in total. The minimum Gasteiger partial charge on any atom is -0.492 e. The number of rotatable bonds is 4. The minimum atomic E-state index is -0.657. The van der Waals surface area contributed by atoms with Gasteiger partial charge in [-0.15, -0.1) is 0 Å². The fraction of sp³-hybridized carbons (Fsp3) is 0.286. The van der Waals surface area contributed by atoms with E-state index in [0.29, 0.717) is 29.2 Å². The van der Waals surface area contributed by atoms with E-state index < -0.39 is 11.9 Å². The molecule has 2 rings (SSSR count). The summed E-state index contributed by atoms with van der Waals surface area (Å²) >= 11 is 0. The third-order valence-electron chi connectivity index (χ3n) is 3.96. The molecule has 0 bridgehead atoms. The van der Waals surface area contributed by atoms with Gasteiger partial charge in [0.25, 0.3) is 5.91 Å². The van der Waals surface area contributed by atoms with Crippen LogP contribution in [0.25, 0.3) is 0 Å². The number of carbonyl (C=O) groups excluding carboxylic acids is 2. The van der Waals surface area contributed by atoms with Crippen molar-refractivity contribution in [2.75, 3.05) is 11.9 Å². The lowest BCUT2D eigenvalue weighted by Gasteiger charge is -2.19. The number of nitrogens with one attached hydrogen (secondary N) is 3. The van der Waals surface area contributed by atoms with Gasteiger partial charge in [-0.2, -0.15) is 5.26 Å². The van der Waals surface area contributed by atoms with Crippen molar-refractivity contribution in [3.8, 4) is 11.8 Å². The molecule has 0 atom stereocenters. The summed E-state index contributed by atoms with van der Waals surface area (Å²) in [4.78, 5) is 24.3. The van der Waals surface area contributed by atoms with E-state index in [0.717, 1.165) is 5.56 Å². The van der Waals surface area contributed by atoms with Gasteiger partial charge in [0.1, 0.15) is 5.75 Å². The van der Waals surface area contributed by atoms with Crippen LogP contribution in [0.3, 0.4) is 0 Å². The third-order valence-corrected chi connectivity index (χ3v) is 3.96. The average molecular weight is 380 g/mol. The van der Waals surface area contributed by atoms with Gasteiger partial charge in [0.2, 0.25) is 0 Å². The van der Waals surface area contributed by atoms with Crippen LogP contribution in [0.2, 0.25) is 0 Å². The number of anilines is 1. The number of hydrazine groups is 1. The molecule has 0 saturated heterocycles. The fourth-order valence-electron chi connectivity index (χ4n) is 2.44. The van der Waals surface area contributed by atoms with Gasteiger partial charge in [0.15, 0.2) is 0 Å². The quantitative estimate of drug-likeness (QED) is 0.703. The van der Waals surface area contributed by atoms with Crippen LogP contribution < -0.4 is 20.9 Å². The first-order valence-electron chi connectivity index (χ1n) is 8.89. The molecule has 146 valence electrons. The summed E-state index contributed by atoms with van der Waals surface area (Å²) in [6.45, 7) is 8.49. The maximum Gasteiger partial charge on any atom is 0.338 e. The molecule has 0 aliphatic heterocycles. The Hall–Kier alpha value is -3.53. The first-order valence-corrected chi connectivity index (χ1v) is 8.89. The monoisotopic (exact) mass is 380 g/mol. The lowest BCUT2D eigenvalue weighted by atomic mass is 9.87. The van der Waals surface area contributed by atoms with Crippen molar-refractivity contribution < 1.29 is 14.3 Å². The van der Waals surface area contributed by atoms with Crippen LogP contribution in [0.1, 0.15) is 49.2 Å². The number of nitrogens with zero attached hydrogens (tertiary/aromatic N) is 1. The summed E-state index contributed by atoms with van der Waals surface area (Å²) in [7, 11) is 0. The first kappa shape index (κ1) is 20.8. The topological polar surface area (TPSA) is 103 Å². The van der Waals surface area contributed by atoms with E-state index >= 15 is 0 Å². The Labute approximate surface area is 164 Å². The van der Waals surface area contributed by atoms with Gasteiger partial charge in [-0.25, -0.2) is 10.2 Å². The summed E-state index contributed by atoms with van der Waals surface area (Å²) in [5.74, 6) is -0.00726. The smallest absolute Gasteiger partial charge is 0.338 e. The van der Waals surface area contributed by atoms with E-state index in [1.54, 1.807) is 24.3 Å². The molecule has 0 radical (unpaired) electrons. The molecule has 0 heterocycles. The predicted octanol–water partition coefficient (Wildman–Crippen LogP) is 3.72. The van der Waals surface area contributed by atoms with Gasteiger partial charge in [0.05, 0.1) is 23.9 Å². The Morgan fingerprint density at radius 3 is 2.32 bits per heavy atom. The first-order chi connectivity index (χ1) is 13.2. The summed E-state index contributed by atoms with van der Waals surface area (Å²) < 4.78 is 5.43. The number of urea groups is 1. The number of carbonyl (C=O) groups is 2. The molecule has 7 heteroatoms. The van der Waals surface area contributed by atoms with Crippen LogP contribution in [0.15, 0.2) is 42.5 Å². The van der Waals surface area contributed by atoms with Crippen molar-refractivity contribution in [3.63, 3.8) is 0 Å². The summed E-state index contributed by atoms with van der Waals surface area (Å²) in [6, 6.07) is 13.2. The van der Waals surface area contributed by atoms with Crippen LogP contribution >= 0.6 is 0 Å². The second-order valence-corrected chi connectivity index (χ2v) is 7.12. The zero-order chi connectivity index (χ0) is 20.7. The Bertz CT molecular complexity index is 893. The molecule has 2 aromatic rings. The SMILES string of the molecule is CCOc1ccc(C#N)cc1NC(=O)NNC(=O)c1ccc(C(C)(C)C)cc1. The van der Waals surface area contributed by atoms with Gasteiger partial charge in [-0.1, -0.05) is 32.9 Å². The van der Waals surface area contributed by atoms with E-state index in [1.165, 1.54) is 6.07 Å². The van der Waals surface area contributed by atoms with Gasteiger partial charge in [-0.3, -0.25) is 10.2 Å². The molecule has 3 amide bonds. The van der Waals surface area contributed by atoms with Crippen molar-refractivity contribution in [1.29, 1.82) is 5.26 Å². The zero-order valence-electron chi connectivity index (χ0n) is 16.4. The van der Waals surface area contributed by atoms with Crippen LogP contribution in [0.5, 0.6) is 5.75 Å². The van der Waals surface area contributed by atoms with Crippen LogP contribution in [-0.2, 0) is 5.41 Å². The highest BCUT2D eigenvalue weighted by Crippen LogP contribution is 2.25. The third kappa shape index (κ3) is 5.48. The van der Waals surface area contributed by atoms with Gasteiger partial charge in [-0.05, 0) is 48.2 Å². The molecule has 0 aliphatic rings. The van der Waals surface area contributed by atoms with Crippen molar-refractivity contribution in [2.45, 2.75) is 33.1 Å². The Kier molecular flexibility index (Phi) is 6.61. The van der Waals surface area contributed by atoms with E-state index in [2.05, 4.69) is 36.9 Å². The summed E-state index contributed by atoms with van der Waals surface area (Å²) in [5, 5.41) is 11.6. The van der Waals surface area contributed by atoms with E-state index in [-0.39, 0.29) is 5.41 Å². The second-order valence-electron chi connectivity index (χ2n) is 7.12. The molecule has 2 aromatic carbocycles. The maximum absolute atomic E-state index is 12.2. The van der Waals surface area contributed by atoms with Crippen molar-refractivity contribution in [3.05, 3.63) is 59.2 Å². The van der Waals surface area contributed by atoms with Crippen molar-refractivity contribution >= 4 is 17.6 Å². The number of hydrogen-bond acceptors (Lipinski definition) is 4. The normalized spacial score (nSPS) is 10.5. The van der Waals surface area contributed by atoms with E-state index in [1.807, 2.05) is 25.1 Å². The Morgan fingerprint density at radius 1 is 1.07 bits per heavy atom. The molecule has 0 aliphatic carbocycles. The van der Waals surface area contributed by atoms with E-state index in [4.69, 9.17) is 10.00 Å². The minimum absolute atomic E-state index is 0.0105. The highest BCUT2D eigenvalue weighted by Gasteiger charge is 2.15. The zero-order valence-corrected chi connectivity index (χ0v) is 16.4. The number of amides is 3. The Balaban J connectivity index is 1.99. The highest BCUT2D eigenvalue weighted by atomic mass is 16.5. The van der Waals surface area contributed by atoms with Gasteiger partial charge >= 0.3 is 6.03 Å². The van der Waals surface area contributed by atoms with Crippen LogP contribution in [-0.4, -0.2) is 18.5 Å². The largest absolute Gasteiger partial charge is 0.492 e. The standard InChI is InChI=1S/C21H24N4O3/c1-5-28-18-11-6-14(13-22)12-17(18)23-20(27)25-24-19(26)15-7-9-16(10-8-15)21(2,3)4/h6-12H,5H2,1-4H3,(H,24,26)(H2,23,25,27). The molecular weight excluding hydrogens is 356 g/mol. The molecule has 28 heavy (non-hydrogen) atoms. The molecular formula is C21H24N4O3. The van der Waals surface area contributed by atoms with Gasteiger partial charge in [0, 0.05) is 5.56 Å². The number of nitriles is 1. The lowest BCUT2D eigenvalue weighted by Crippen LogP contribution is -2.44. The highest BCUT2D eigenvalue weighted by molar-refractivity contribution is 5.97. The summed E-state index contributed by atoms with van der Waals surface area (Å²) in [5.41, 5.74) is 6.88. The fourth-order valence-corrected chi connectivity index (χ4v) is 2.44. The second kappa shape index (κ2) is 8.91. The molecule has 0 aromatic heterocycles. The molecule has 0 fully saturated rings. The predicted molar refractivity (Wildman–Crippen MR) is 107 cm³/mol. The van der Waals surface area contributed by atoms with Gasteiger partial charge < -0.3 is 10.1 Å². The average Bonchev–Trinajstić information content (AvgIpc) is 2.67.